The molecule has 1 fully saturated rings. The number of likely N-dealkylation sites (tertiary alicyclic amines) is 1. The Morgan fingerprint density at radius 3 is 2.75 bits per heavy atom. The highest BCUT2D eigenvalue weighted by Crippen LogP contribution is 2.26. The van der Waals surface area contributed by atoms with E-state index in [9.17, 15) is 0 Å². The second kappa shape index (κ2) is 6.29. The lowest BCUT2D eigenvalue weighted by molar-refractivity contribution is 0.326. The van der Waals surface area contributed by atoms with Gasteiger partial charge in [0.25, 0.3) is 0 Å². The number of hydrogen-bond acceptors (Lipinski definition) is 4. The van der Waals surface area contributed by atoms with Crippen molar-refractivity contribution in [2.75, 3.05) is 13.1 Å². The molecular formula is C20H22N4. The summed E-state index contributed by atoms with van der Waals surface area (Å²) in [7, 11) is 0. The topological polar surface area (TPSA) is 41.9 Å². The first-order valence-corrected chi connectivity index (χ1v) is 8.55. The highest BCUT2D eigenvalue weighted by molar-refractivity contribution is 5.78. The summed E-state index contributed by atoms with van der Waals surface area (Å²) in [5.74, 6) is 1.46. The fraction of sp³-hybridized carbons (Fsp3) is 0.350. The molecule has 2 aromatic heterocycles. The van der Waals surface area contributed by atoms with Gasteiger partial charge in [0.15, 0.2) is 0 Å². The Kier molecular flexibility index (Phi) is 3.98. The van der Waals surface area contributed by atoms with E-state index >= 15 is 0 Å². The summed E-state index contributed by atoms with van der Waals surface area (Å²) in [6.45, 7) is 7.22. The molecule has 0 radical (unpaired) electrons. The van der Waals surface area contributed by atoms with E-state index in [1.807, 2.05) is 32.2 Å². The Balaban J connectivity index is 1.48. The molecule has 1 aliphatic rings. The Bertz CT molecular complexity index is 854. The average Bonchev–Trinajstić information content (AvgIpc) is 3.02. The van der Waals surface area contributed by atoms with Gasteiger partial charge in [0, 0.05) is 42.0 Å². The summed E-state index contributed by atoms with van der Waals surface area (Å²) in [6, 6.07) is 12.7. The van der Waals surface area contributed by atoms with Gasteiger partial charge in [0.1, 0.15) is 5.82 Å². The SMILES string of the molecule is Cc1cc(C)nc(C2CCN(Cc3ccc4ncccc4c3)C2)n1. The predicted octanol–water partition coefficient (Wildman–Crippen LogP) is 3.63. The van der Waals surface area contributed by atoms with Crippen molar-refractivity contribution in [3.63, 3.8) is 0 Å². The Hall–Kier alpha value is -2.33. The molecule has 1 aromatic carbocycles. The Labute approximate surface area is 142 Å². The largest absolute Gasteiger partial charge is 0.298 e. The van der Waals surface area contributed by atoms with Gasteiger partial charge >= 0.3 is 0 Å². The summed E-state index contributed by atoms with van der Waals surface area (Å²) in [5.41, 5.74) is 4.54. The van der Waals surface area contributed by atoms with Crippen molar-refractivity contribution in [3.8, 4) is 0 Å². The van der Waals surface area contributed by atoms with Gasteiger partial charge in [-0.15, -0.1) is 0 Å². The molecule has 122 valence electrons. The molecule has 0 bridgehead atoms. The van der Waals surface area contributed by atoms with Crippen molar-refractivity contribution in [3.05, 3.63) is 65.4 Å². The summed E-state index contributed by atoms with van der Waals surface area (Å²) in [5, 5.41) is 1.21. The van der Waals surface area contributed by atoms with Gasteiger partial charge in [-0.05, 0) is 56.6 Å². The molecule has 24 heavy (non-hydrogen) atoms. The minimum absolute atomic E-state index is 0.450. The second-order valence-electron chi connectivity index (χ2n) is 6.76. The van der Waals surface area contributed by atoms with E-state index in [0.717, 1.165) is 48.8 Å². The minimum atomic E-state index is 0.450. The van der Waals surface area contributed by atoms with Gasteiger partial charge in [-0.2, -0.15) is 0 Å². The first-order valence-electron chi connectivity index (χ1n) is 8.55. The van der Waals surface area contributed by atoms with Crippen molar-refractivity contribution in [1.82, 2.24) is 19.9 Å². The molecule has 4 rings (SSSR count). The molecule has 0 amide bonds. The minimum Gasteiger partial charge on any atom is -0.298 e. The lowest BCUT2D eigenvalue weighted by Gasteiger charge is -2.16. The summed E-state index contributed by atoms with van der Waals surface area (Å²) in [6.07, 6.45) is 2.98. The van der Waals surface area contributed by atoms with Crippen molar-refractivity contribution >= 4 is 10.9 Å². The van der Waals surface area contributed by atoms with Crippen LogP contribution in [0.15, 0.2) is 42.6 Å². The lowest BCUT2D eigenvalue weighted by Crippen LogP contribution is -2.20. The summed E-state index contributed by atoms with van der Waals surface area (Å²) >= 11 is 0. The number of pyridine rings is 1. The van der Waals surface area contributed by atoms with Crippen LogP contribution in [0.25, 0.3) is 10.9 Å². The standard InChI is InChI=1S/C20H22N4/c1-14-10-15(2)23-20(22-14)18-7-9-24(13-18)12-16-5-6-19-17(11-16)4-3-8-21-19/h3-6,8,10-11,18H,7,9,12-13H2,1-2H3. The van der Waals surface area contributed by atoms with Crippen LogP contribution in [0.2, 0.25) is 0 Å². The first kappa shape index (κ1) is 15.2. The van der Waals surface area contributed by atoms with Crippen molar-refractivity contribution in [2.24, 2.45) is 0 Å². The van der Waals surface area contributed by atoms with Crippen LogP contribution in [0.5, 0.6) is 0 Å². The normalized spacial score (nSPS) is 18.3. The molecule has 4 nitrogen and oxygen atoms in total. The molecule has 1 unspecified atom stereocenters. The second-order valence-corrected chi connectivity index (χ2v) is 6.76. The van der Waals surface area contributed by atoms with E-state index in [0.29, 0.717) is 5.92 Å². The Morgan fingerprint density at radius 1 is 1.08 bits per heavy atom. The quantitative estimate of drug-likeness (QED) is 0.739. The van der Waals surface area contributed by atoms with Gasteiger partial charge < -0.3 is 0 Å². The number of hydrogen-bond donors (Lipinski definition) is 0. The van der Waals surface area contributed by atoms with E-state index < -0.39 is 0 Å². The van der Waals surface area contributed by atoms with Crippen LogP contribution in [0.3, 0.4) is 0 Å². The summed E-state index contributed by atoms with van der Waals surface area (Å²) < 4.78 is 0. The molecule has 3 aromatic rings. The van der Waals surface area contributed by atoms with Crippen molar-refractivity contribution < 1.29 is 0 Å². The molecule has 3 heterocycles. The average molecular weight is 318 g/mol. The molecule has 1 atom stereocenters. The van der Waals surface area contributed by atoms with Crippen molar-refractivity contribution in [1.29, 1.82) is 0 Å². The third-order valence-electron chi connectivity index (χ3n) is 4.71. The number of rotatable bonds is 3. The van der Waals surface area contributed by atoms with Gasteiger partial charge in [-0.25, -0.2) is 9.97 Å². The number of nitrogens with zero attached hydrogens (tertiary/aromatic N) is 4. The lowest BCUT2D eigenvalue weighted by atomic mass is 10.1. The zero-order valence-corrected chi connectivity index (χ0v) is 14.2. The highest BCUT2D eigenvalue weighted by atomic mass is 15.2. The molecule has 1 aliphatic heterocycles. The van der Waals surface area contributed by atoms with Crippen LogP contribution in [0.1, 0.15) is 35.1 Å². The van der Waals surface area contributed by atoms with Crippen LogP contribution >= 0.6 is 0 Å². The Morgan fingerprint density at radius 2 is 1.92 bits per heavy atom. The fourth-order valence-corrected chi connectivity index (χ4v) is 3.60. The molecule has 0 spiro atoms. The van der Waals surface area contributed by atoms with Gasteiger partial charge in [0.05, 0.1) is 5.52 Å². The maximum Gasteiger partial charge on any atom is 0.133 e. The molecule has 0 saturated carbocycles. The number of aromatic nitrogens is 3. The molecular weight excluding hydrogens is 296 g/mol. The number of benzene rings is 1. The van der Waals surface area contributed by atoms with Gasteiger partial charge in [-0.3, -0.25) is 9.88 Å². The maximum absolute atomic E-state index is 4.65. The van der Waals surface area contributed by atoms with E-state index in [4.69, 9.17) is 0 Å². The zero-order valence-electron chi connectivity index (χ0n) is 14.2. The molecule has 0 N–H and O–H groups in total. The monoisotopic (exact) mass is 318 g/mol. The zero-order chi connectivity index (χ0) is 16.5. The molecule has 1 saturated heterocycles. The van der Waals surface area contributed by atoms with E-state index in [1.165, 1.54) is 10.9 Å². The van der Waals surface area contributed by atoms with E-state index in [-0.39, 0.29) is 0 Å². The van der Waals surface area contributed by atoms with Crippen LogP contribution in [0.4, 0.5) is 0 Å². The van der Waals surface area contributed by atoms with Crippen LogP contribution in [-0.2, 0) is 6.54 Å². The van der Waals surface area contributed by atoms with E-state index in [1.54, 1.807) is 0 Å². The maximum atomic E-state index is 4.65. The third-order valence-corrected chi connectivity index (χ3v) is 4.71. The van der Waals surface area contributed by atoms with Gasteiger partial charge in [-0.1, -0.05) is 12.1 Å². The first-order chi connectivity index (χ1) is 11.7. The number of aryl methyl sites for hydroxylation is 2. The molecule has 0 aliphatic carbocycles. The third kappa shape index (κ3) is 3.15. The van der Waals surface area contributed by atoms with Crippen molar-refractivity contribution in [2.45, 2.75) is 32.7 Å². The fourth-order valence-electron chi connectivity index (χ4n) is 3.60. The van der Waals surface area contributed by atoms with Crippen LogP contribution in [0, 0.1) is 13.8 Å². The predicted molar refractivity (Wildman–Crippen MR) is 95.9 cm³/mol. The smallest absolute Gasteiger partial charge is 0.133 e. The van der Waals surface area contributed by atoms with Crippen LogP contribution in [-0.4, -0.2) is 32.9 Å². The summed E-state index contributed by atoms with van der Waals surface area (Å²) in [4.78, 5) is 16.2. The number of fused-ring (bicyclic) bond motifs is 1. The van der Waals surface area contributed by atoms with Crippen LogP contribution < -0.4 is 0 Å². The highest BCUT2D eigenvalue weighted by Gasteiger charge is 2.26. The van der Waals surface area contributed by atoms with Gasteiger partial charge in [0.2, 0.25) is 0 Å². The molecule has 4 heteroatoms. The van der Waals surface area contributed by atoms with E-state index in [2.05, 4.69) is 44.1 Å².